The summed E-state index contributed by atoms with van der Waals surface area (Å²) >= 11 is 0. The number of rotatable bonds is 10. The van der Waals surface area contributed by atoms with Crippen molar-refractivity contribution in [2.45, 2.75) is 65.2 Å². The first-order valence-corrected chi connectivity index (χ1v) is 7.46. The summed E-state index contributed by atoms with van der Waals surface area (Å²) in [4.78, 5) is 31.1. The van der Waals surface area contributed by atoms with Crippen LogP contribution in [0.4, 0.5) is 0 Å². The van der Waals surface area contributed by atoms with E-state index in [0.29, 0.717) is 0 Å². The Balaban J connectivity index is 3.64. The van der Waals surface area contributed by atoms with Crippen molar-refractivity contribution >= 4 is 11.9 Å². The van der Waals surface area contributed by atoms with Gasteiger partial charge in [0.25, 0.3) is 0 Å². The maximum atomic E-state index is 11.2. The Morgan fingerprint density at radius 3 is 1.50 bits per heavy atom. The van der Waals surface area contributed by atoms with Crippen LogP contribution in [-0.2, 0) is 19.4 Å². The van der Waals surface area contributed by atoms with E-state index in [1.165, 1.54) is 12.2 Å². The Kier molecular flexibility index (Phi) is 12.7. The molecule has 114 valence electrons. The van der Waals surface area contributed by atoms with Crippen molar-refractivity contribution in [3.63, 3.8) is 0 Å². The number of allylic oxidation sites excluding steroid dienone is 2. The van der Waals surface area contributed by atoms with Crippen molar-refractivity contribution in [2.75, 3.05) is 0 Å². The largest absolute Gasteiger partial charge is 0.378 e. The zero-order chi connectivity index (χ0) is 15.1. The minimum atomic E-state index is -0.658. The van der Waals surface area contributed by atoms with E-state index in [4.69, 9.17) is 0 Å². The molecule has 20 heavy (non-hydrogen) atoms. The van der Waals surface area contributed by atoms with Crippen LogP contribution < -0.4 is 0 Å². The summed E-state index contributed by atoms with van der Waals surface area (Å²) in [5.41, 5.74) is 0. The third kappa shape index (κ3) is 12.9. The molecule has 0 N–H and O–H groups in total. The van der Waals surface area contributed by atoms with Gasteiger partial charge in [-0.2, -0.15) is 0 Å². The molecule has 0 saturated heterocycles. The number of hydrogen-bond donors (Lipinski definition) is 0. The molecule has 0 fully saturated rings. The topological polar surface area (TPSA) is 52.6 Å². The van der Waals surface area contributed by atoms with Gasteiger partial charge >= 0.3 is 11.9 Å². The molecular formula is C16H26O4. The first-order valence-electron chi connectivity index (χ1n) is 7.46. The lowest BCUT2D eigenvalue weighted by molar-refractivity contribution is -0.250. The van der Waals surface area contributed by atoms with E-state index in [1.54, 1.807) is 12.2 Å². The SMILES string of the molecule is CCCCCC=CC(=O)OOC(=O)C=CCCCCC. The van der Waals surface area contributed by atoms with Gasteiger partial charge in [-0.25, -0.2) is 19.4 Å². The fourth-order valence-corrected chi connectivity index (χ4v) is 1.52. The van der Waals surface area contributed by atoms with Gasteiger partial charge in [0.15, 0.2) is 0 Å². The van der Waals surface area contributed by atoms with Crippen LogP contribution in [0.15, 0.2) is 24.3 Å². The molecule has 0 atom stereocenters. The summed E-state index contributed by atoms with van der Waals surface area (Å²) in [5, 5.41) is 0. The molecule has 0 amide bonds. The lowest BCUT2D eigenvalue weighted by Gasteiger charge is -1.97. The average Bonchev–Trinajstić information content (AvgIpc) is 2.44. The van der Waals surface area contributed by atoms with Gasteiger partial charge in [0.2, 0.25) is 0 Å². The summed E-state index contributed by atoms with van der Waals surface area (Å²) in [6.07, 6.45) is 14.3. The molecule has 0 aliphatic heterocycles. The molecule has 0 aromatic rings. The number of carbonyl (C=O) groups is 2. The van der Waals surface area contributed by atoms with Crippen LogP contribution >= 0.6 is 0 Å². The third-order valence-electron chi connectivity index (χ3n) is 2.66. The molecule has 4 nitrogen and oxygen atoms in total. The quantitative estimate of drug-likeness (QED) is 0.260. The zero-order valence-electron chi connectivity index (χ0n) is 12.6. The van der Waals surface area contributed by atoms with Crippen molar-refractivity contribution < 1.29 is 19.4 Å². The van der Waals surface area contributed by atoms with E-state index in [0.717, 1.165) is 51.4 Å². The lowest BCUT2D eigenvalue weighted by atomic mass is 10.2. The Bertz CT molecular complexity index is 286. The van der Waals surface area contributed by atoms with E-state index in [-0.39, 0.29) is 0 Å². The van der Waals surface area contributed by atoms with E-state index in [9.17, 15) is 9.59 Å². The molecule has 0 rings (SSSR count). The number of unbranched alkanes of at least 4 members (excludes halogenated alkanes) is 6. The molecule has 0 aromatic carbocycles. The summed E-state index contributed by atoms with van der Waals surface area (Å²) in [7, 11) is 0. The van der Waals surface area contributed by atoms with Gasteiger partial charge in [-0.1, -0.05) is 51.7 Å². The van der Waals surface area contributed by atoms with Gasteiger partial charge in [-0.15, -0.1) is 0 Å². The van der Waals surface area contributed by atoms with E-state index >= 15 is 0 Å². The Hall–Kier alpha value is -1.58. The van der Waals surface area contributed by atoms with E-state index < -0.39 is 11.9 Å². The van der Waals surface area contributed by atoms with Crippen LogP contribution in [0.1, 0.15) is 65.2 Å². The molecule has 0 bridgehead atoms. The standard InChI is InChI=1S/C16H26O4/c1-3-5-7-9-11-13-15(17)19-20-16(18)14-12-10-8-6-4-2/h11-14H,3-10H2,1-2H3. The number of hydrogen-bond acceptors (Lipinski definition) is 4. The van der Waals surface area contributed by atoms with E-state index in [2.05, 4.69) is 23.6 Å². The van der Waals surface area contributed by atoms with Crippen molar-refractivity contribution in [1.29, 1.82) is 0 Å². The molecule has 0 heterocycles. The third-order valence-corrected chi connectivity index (χ3v) is 2.66. The maximum absolute atomic E-state index is 11.2. The van der Waals surface area contributed by atoms with Gasteiger partial charge in [-0.05, 0) is 25.7 Å². The van der Waals surface area contributed by atoms with Gasteiger partial charge in [-0.3, -0.25) is 0 Å². The molecule has 0 unspecified atom stereocenters. The lowest BCUT2D eigenvalue weighted by Crippen LogP contribution is -2.07. The highest BCUT2D eigenvalue weighted by molar-refractivity contribution is 5.84. The van der Waals surface area contributed by atoms with E-state index in [1.807, 2.05) is 0 Å². The van der Waals surface area contributed by atoms with Crippen LogP contribution in [0, 0.1) is 0 Å². The molecular weight excluding hydrogens is 256 g/mol. The van der Waals surface area contributed by atoms with Gasteiger partial charge in [0.1, 0.15) is 0 Å². The smallest absolute Gasteiger partial charge is 0.242 e. The van der Waals surface area contributed by atoms with Crippen molar-refractivity contribution in [1.82, 2.24) is 0 Å². The first kappa shape index (κ1) is 18.4. The fourth-order valence-electron chi connectivity index (χ4n) is 1.52. The van der Waals surface area contributed by atoms with Crippen molar-refractivity contribution in [3.05, 3.63) is 24.3 Å². The second-order valence-electron chi connectivity index (χ2n) is 4.60. The highest BCUT2D eigenvalue weighted by atomic mass is 17.2. The summed E-state index contributed by atoms with van der Waals surface area (Å²) in [6.45, 7) is 4.24. The predicted molar refractivity (Wildman–Crippen MR) is 78.7 cm³/mol. The van der Waals surface area contributed by atoms with Crippen LogP contribution in [0.3, 0.4) is 0 Å². The molecule has 0 radical (unpaired) electrons. The summed E-state index contributed by atoms with van der Waals surface area (Å²) in [5.74, 6) is -1.32. The Morgan fingerprint density at radius 2 is 1.15 bits per heavy atom. The Labute approximate surface area is 121 Å². The van der Waals surface area contributed by atoms with Gasteiger partial charge in [0, 0.05) is 12.2 Å². The van der Waals surface area contributed by atoms with Gasteiger partial charge < -0.3 is 0 Å². The average molecular weight is 282 g/mol. The Morgan fingerprint density at radius 1 is 0.750 bits per heavy atom. The zero-order valence-corrected chi connectivity index (χ0v) is 12.6. The van der Waals surface area contributed by atoms with Gasteiger partial charge in [0.05, 0.1) is 0 Å². The fraction of sp³-hybridized carbons (Fsp3) is 0.625. The van der Waals surface area contributed by atoms with Crippen LogP contribution in [-0.4, -0.2) is 11.9 Å². The molecule has 4 heteroatoms. The summed E-state index contributed by atoms with van der Waals surface area (Å²) in [6, 6.07) is 0. The minimum Gasteiger partial charge on any atom is -0.242 e. The van der Waals surface area contributed by atoms with Crippen molar-refractivity contribution in [2.24, 2.45) is 0 Å². The van der Waals surface area contributed by atoms with Crippen LogP contribution in [0.25, 0.3) is 0 Å². The first-order chi connectivity index (χ1) is 9.70. The monoisotopic (exact) mass is 282 g/mol. The highest BCUT2D eigenvalue weighted by Gasteiger charge is 2.02. The van der Waals surface area contributed by atoms with Crippen LogP contribution in [0.5, 0.6) is 0 Å². The maximum Gasteiger partial charge on any atom is 0.378 e. The molecule has 0 aliphatic rings. The molecule has 0 aliphatic carbocycles. The van der Waals surface area contributed by atoms with Crippen molar-refractivity contribution in [3.8, 4) is 0 Å². The molecule has 0 saturated carbocycles. The normalized spacial score (nSPS) is 11.1. The predicted octanol–water partition coefficient (Wildman–Crippen LogP) is 4.26. The minimum absolute atomic E-state index is 0.658. The second kappa shape index (κ2) is 13.8. The summed E-state index contributed by atoms with van der Waals surface area (Å²) < 4.78 is 0. The number of carbonyl (C=O) groups excluding carboxylic acids is 2. The molecule has 0 aromatic heterocycles. The highest BCUT2D eigenvalue weighted by Crippen LogP contribution is 2.01. The molecule has 0 spiro atoms. The van der Waals surface area contributed by atoms with Crippen LogP contribution in [0.2, 0.25) is 0 Å². The second-order valence-corrected chi connectivity index (χ2v) is 4.60.